The van der Waals surface area contributed by atoms with Crippen LogP contribution in [0.2, 0.25) is 0 Å². The molecule has 9 rings (SSSR count). The summed E-state index contributed by atoms with van der Waals surface area (Å²) in [6.07, 6.45) is 0. The third-order valence-corrected chi connectivity index (χ3v) is 9.16. The molecule has 0 atom stereocenters. The SMILES string of the molecule is c1ccc(N2c3ccccc3B3c4c2cccc4N(c2ccccc2)c2sc4oc5ccccc5c4c23)cc1. The van der Waals surface area contributed by atoms with E-state index in [1.807, 2.05) is 0 Å². The highest BCUT2D eigenvalue weighted by molar-refractivity contribution is 7.26. The first-order chi connectivity index (χ1) is 19.4. The van der Waals surface area contributed by atoms with Gasteiger partial charge in [-0.15, -0.1) is 0 Å². The second-order valence-electron chi connectivity index (χ2n) is 10.1. The first-order valence-corrected chi connectivity index (χ1v) is 14.1. The maximum absolute atomic E-state index is 6.49. The van der Waals surface area contributed by atoms with Crippen LogP contribution in [0.1, 0.15) is 0 Å². The summed E-state index contributed by atoms with van der Waals surface area (Å²) in [4.78, 5) is 5.85. The van der Waals surface area contributed by atoms with E-state index in [-0.39, 0.29) is 6.71 Å². The van der Waals surface area contributed by atoms with Crippen molar-refractivity contribution in [3.63, 3.8) is 0 Å². The highest BCUT2D eigenvalue weighted by Gasteiger charge is 2.45. The number of hydrogen-bond acceptors (Lipinski definition) is 4. The maximum atomic E-state index is 6.49. The van der Waals surface area contributed by atoms with Crippen molar-refractivity contribution in [3.05, 3.63) is 127 Å². The molecule has 39 heavy (non-hydrogen) atoms. The highest BCUT2D eigenvalue weighted by Crippen LogP contribution is 2.48. The molecular formula is C34H21BN2OS. The van der Waals surface area contributed by atoms with Gasteiger partial charge in [-0.1, -0.05) is 90.2 Å². The van der Waals surface area contributed by atoms with Crippen molar-refractivity contribution in [1.29, 1.82) is 0 Å². The second kappa shape index (κ2) is 7.89. The summed E-state index contributed by atoms with van der Waals surface area (Å²) in [6, 6.07) is 45.6. The average Bonchev–Trinajstić information content (AvgIpc) is 3.54. The fourth-order valence-electron chi connectivity index (χ4n) is 6.58. The minimum absolute atomic E-state index is 0.0945. The van der Waals surface area contributed by atoms with E-state index in [1.54, 1.807) is 11.3 Å². The number of rotatable bonds is 2. The van der Waals surface area contributed by atoms with Gasteiger partial charge in [0.1, 0.15) is 5.58 Å². The molecule has 3 nitrogen and oxygen atoms in total. The lowest BCUT2D eigenvalue weighted by Crippen LogP contribution is -2.61. The molecule has 2 aromatic heterocycles. The minimum atomic E-state index is 0.0945. The van der Waals surface area contributed by atoms with Gasteiger partial charge in [0.2, 0.25) is 0 Å². The molecule has 0 unspecified atom stereocenters. The van der Waals surface area contributed by atoms with Crippen LogP contribution in [-0.4, -0.2) is 6.71 Å². The van der Waals surface area contributed by atoms with Crippen LogP contribution in [0, 0.1) is 0 Å². The number of hydrogen-bond donors (Lipinski definition) is 0. The molecule has 0 saturated carbocycles. The van der Waals surface area contributed by atoms with Crippen LogP contribution < -0.4 is 26.2 Å². The number of nitrogens with zero attached hydrogens (tertiary/aromatic N) is 2. The van der Waals surface area contributed by atoms with Gasteiger partial charge in [-0.05, 0) is 64.9 Å². The Morgan fingerprint density at radius 1 is 0.538 bits per heavy atom. The van der Waals surface area contributed by atoms with Crippen LogP contribution in [0.3, 0.4) is 0 Å². The molecule has 0 fully saturated rings. The monoisotopic (exact) mass is 516 g/mol. The van der Waals surface area contributed by atoms with Crippen molar-refractivity contribution < 1.29 is 4.42 Å². The molecule has 182 valence electrons. The number of furan rings is 1. The summed E-state index contributed by atoms with van der Waals surface area (Å²) in [7, 11) is 0. The summed E-state index contributed by atoms with van der Waals surface area (Å²) in [5.41, 5.74) is 10.9. The molecular weight excluding hydrogens is 495 g/mol. The van der Waals surface area contributed by atoms with Crippen molar-refractivity contribution in [2.75, 3.05) is 9.80 Å². The predicted molar refractivity (Wildman–Crippen MR) is 166 cm³/mol. The van der Waals surface area contributed by atoms with Gasteiger partial charge in [0.05, 0.1) is 5.00 Å². The standard InChI is InChI=1S/C34H21BN2OS/c1-3-12-22(13-4-1)36-26-18-9-8-17-25(26)35-31-27(36)19-11-20-28(31)37(23-14-5-2-6-15-23)33-32(35)30-24-16-7-10-21-29(24)38-34(30)39-33/h1-21H. The largest absolute Gasteiger partial charge is 0.445 e. The molecule has 2 aliphatic heterocycles. The Hall–Kier alpha value is -4.74. The smallest absolute Gasteiger partial charge is 0.254 e. The number of benzene rings is 5. The third kappa shape index (κ3) is 2.83. The van der Waals surface area contributed by atoms with E-state index in [4.69, 9.17) is 4.42 Å². The lowest BCUT2D eigenvalue weighted by Gasteiger charge is -2.42. The normalized spacial score (nSPS) is 13.5. The molecule has 0 spiro atoms. The molecule has 7 aromatic rings. The van der Waals surface area contributed by atoms with Gasteiger partial charge in [-0.2, -0.15) is 0 Å². The molecule has 0 saturated heterocycles. The molecule has 0 N–H and O–H groups in total. The van der Waals surface area contributed by atoms with Crippen molar-refractivity contribution in [2.24, 2.45) is 0 Å². The molecule has 5 heteroatoms. The van der Waals surface area contributed by atoms with Crippen LogP contribution in [0.4, 0.5) is 33.4 Å². The first kappa shape index (κ1) is 21.2. The van der Waals surface area contributed by atoms with Gasteiger partial charge in [0.25, 0.3) is 6.71 Å². The molecule has 5 aromatic carbocycles. The molecule has 0 bridgehead atoms. The van der Waals surface area contributed by atoms with Crippen LogP contribution in [0.25, 0.3) is 21.3 Å². The lowest BCUT2D eigenvalue weighted by molar-refractivity contribution is 0.678. The van der Waals surface area contributed by atoms with Crippen LogP contribution in [0.5, 0.6) is 0 Å². The summed E-state index contributed by atoms with van der Waals surface area (Å²) in [6.45, 7) is 0.0945. The molecule has 0 aliphatic carbocycles. The zero-order valence-corrected chi connectivity index (χ0v) is 21.7. The van der Waals surface area contributed by atoms with E-state index in [2.05, 4.69) is 137 Å². The van der Waals surface area contributed by atoms with E-state index < -0.39 is 0 Å². The quantitative estimate of drug-likeness (QED) is 0.219. The van der Waals surface area contributed by atoms with Crippen molar-refractivity contribution >= 4 is 89.1 Å². The van der Waals surface area contributed by atoms with Crippen LogP contribution in [0.15, 0.2) is 132 Å². The molecule has 4 heterocycles. The molecule has 0 amide bonds. The van der Waals surface area contributed by atoms with E-state index in [0.717, 1.165) is 21.9 Å². The van der Waals surface area contributed by atoms with E-state index in [0.29, 0.717) is 0 Å². The molecule has 0 radical (unpaired) electrons. The van der Waals surface area contributed by atoms with E-state index in [1.165, 1.54) is 49.2 Å². The Morgan fingerprint density at radius 2 is 1.15 bits per heavy atom. The molecule has 2 aliphatic rings. The summed E-state index contributed by atoms with van der Waals surface area (Å²) in [5.74, 6) is 0. The van der Waals surface area contributed by atoms with Crippen LogP contribution >= 0.6 is 11.3 Å². The summed E-state index contributed by atoms with van der Waals surface area (Å²) in [5, 5.41) is 3.65. The van der Waals surface area contributed by atoms with Crippen LogP contribution in [-0.2, 0) is 0 Å². The van der Waals surface area contributed by atoms with Crippen molar-refractivity contribution in [2.45, 2.75) is 0 Å². The van der Waals surface area contributed by atoms with Gasteiger partial charge in [0.15, 0.2) is 4.90 Å². The Morgan fingerprint density at radius 3 is 1.95 bits per heavy atom. The first-order valence-electron chi connectivity index (χ1n) is 13.2. The van der Waals surface area contributed by atoms with Gasteiger partial charge < -0.3 is 14.2 Å². The zero-order valence-electron chi connectivity index (χ0n) is 20.9. The summed E-state index contributed by atoms with van der Waals surface area (Å²) >= 11 is 1.76. The number of fused-ring (bicyclic) bond motifs is 8. The van der Waals surface area contributed by atoms with Crippen molar-refractivity contribution in [3.8, 4) is 0 Å². The fourth-order valence-corrected chi connectivity index (χ4v) is 7.83. The van der Waals surface area contributed by atoms with E-state index >= 15 is 0 Å². The Balaban J connectivity index is 1.44. The number of thiophene rings is 1. The van der Waals surface area contributed by atoms with Gasteiger partial charge >= 0.3 is 0 Å². The lowest BCUT2D eigenvalue weighted by atomic mass is 9.33. The Kier molecular flexibility index (Phi) is 4.29. The summed E-state index contributed by atoms with van der Waals surface area (Å²) < 4.78 is 6.49. The number of para-hydroxylation sites is 4. The fraction of sp³-hybridized carbons (Fsp3) is 0. The van der Waals surface area contributed by atoms with Gasteiger partial charge in [0, 0.05) is 39.2 Å². The minimum Gasteiger partial charge on any atom is -0.445 e. The zero-order chi connectivity index (χ0) is 25.5. The Bertz CT molecular complexity index is 2030. The predicted octanol–water partition coefficient (Wildman–Crippen LogP) is 7.73. The topological polar surface area (TPSA) is 19.6 Å². The second-order valence-corrected chi connectivity index (χ2v) is 11.1. The van der Waals surface area contributed by atoms with E-state index in [9.17, 15) is 0 Å². The maximum Gasteiger partial charge on any atom is 0.254 e. The average molecular weight is 516 g/mol. The highest BCUT2D eigenvalue weighted by atomic mass is 32.1. The van der Waals surface area contributed by atoms with Crippen molar-refractivity contribution in [1.82, 2.24) is 0 Å². The third-order valence-electron chi connectivity index (χ3n) is 8.09. The van der Waals surface area contributed by atoms with Gasteiger partial charge in [-0.3, -0.25) is 0 Å². The number of anilines is 6. The Labute approximate surface area is 230 Å². The van der Waals surface area contributed by atoms with Gasteiger partial charge in [-0.25, -0.2) is 0 Å².